The van der Waals surface area contributed by atoms with Crippen LogP contribution in [0.4, 0.5) is 0 Å². The Hall–Kier alpha value is -2.89. The number of para-hydroxylation sites is 1. The van der Waals surface area contributed by atoms with Crippen molar-refractivity contribution < 1.29 is 30.0 Å². The second kappa shape index (κ2) is 8.82. The number of hydrogen-bond donors (Lipinski definition) is 1. The van der Waals surface area contributed by atoms with Crippen molar-refractivity contribution in [2.75, 3.05) is 0 Å². The minimum atomic E-state index is -0.990. The van der Waals surface area contributed by atoms with Crippen LogP contribution in [0.25, 0.3) is 16.7 Å². The molecule has 0 unspecified atom stereocenters. The predicted molar refractivity (Wildman–Crippen MR) is 88.9 cm³/mol. The van der Waals surface area contributed by atoms with Crippen molar-refractivity contribution in [1.82, 2.24) is 20.0 Å². The number of aromatic carboxylic acids is 1. The fraction of sp³-hybridized carbons (Fsp3) is 0. The average Bonchev–Trinajstić information content (AvgIpc) is 3.08. The number of aromatic nitrogens is 4. The third-order valence-electron chi connectivity index (χ3n) is 3.08. The van der Waals surface area contributed by atoms with Crippen molar-refractivity contribution in [2.24, 2.45) is 0 Å². The fourth-order valence-corrected chi connectivity index (χ4v) is 1.97. The van der Waals surface area contributed by atoms with Gasteiger partial charge in [0.15, 0.2) is 0 Å². The smallest absolute Gasteiger partial charge is 0.354 e. The van der Waals surface area contributed by atoms with Crippen LogP contribution in [0.1, 0.15) is 10.5 Å². The molecule has 0 aliphatic rings. The van der Waals surface area contributed by atoms with Crippen LogP contribution >= 0.6 is 0 Å². The number of carboxylic acids is 1. The van der Waals surface area contributed by atoms with Crippen molar-refractivity contribution in [3.8, 4) is 5.69 Å². The van der Waals surface area contributed by atoms with E-state index in [-0.39, 0.29) is 25.8 Å². The van der Waals surface area contributed by atoms with Crippen molar-refractivity contribution in [2.45, 2.75) is 0 Å². The van der Waals surface area contributed by atoms with Gasteiger partial charge in [-0.25, -0.2) is 9.78 Å². The Labute approximate surface area is 157 Å². The standard InChI is InChI=1S/C12H8N3.C6H5NO2.Ir/c1-2-6-10(7-3-1)15-13-11-8-4-5-9-12(11)14-15;8-6(9)5-3-1-2-4-7-5;/h1-6,8-9H;1-4H,(H,8,9);/q-1;;. The van der Waals surface area contributed by atoms with Gasteiger partial charge in [-0.05, 0) is 30.0 Å². The number of nitrogens with zero attached hydrogens (tertiary/aromatic N) is 4. The van der Waals surface area contributed by atoms with Crippen LogP contribution in [0.5, 0.6) is 0 Å². The Morgan fingerprint density at radius 1 is 0.920 bits per heavy atom. The zero-order chi connectivity index (χ0) is 16.8. The molecule has 0 fully saturated rings. The zero-order valence-corrected chi connectivity index (χ0v) is 15.3. The van der Waals surface area contributed by atoms with E-state index in [1.165, 1.54) is 12.3 Å². The second-order valence-electron chi connectivity index (χ2n) is 4.75. The minimum Gasteiger partial charge on any atom is -0.477 e. The number of fused-ring (bicyclic) bond motifs is 1. The molecule has 0 saturated carbocycles. The van der Waals surface area contributed by atoms with Crippen LogP contribution in [0.3, 0.4) is 0 Å². The molecule has 0 aliphatic heterocycles. The maximum Gasteiger partial charge on any atom is 0.354 e. The molecule has 0 amide bonds. The van der Waals surface area contributed by atoms with E-state index in [1.807, 2.05) is 48.5 Å². The summed E-state index contributed by atoms with van der Waals surface area (Å²) in [4.78, 5) is 15.3. The first-order valence-electron chi connectivity index (χ1n) is 7.17. The number of hydrogen-bond acceptors (Lipinski definition) is 4. The van der Waals surface area contributed by atoms with Gasteiger partial charge in [-0.2, -0.15) is 39.3 Å². The molecule has 1 radical (unpaired) electrons. The van der Waals surface area contributed by atoms with Crippen molar-refractivity contribution in [1.29, 1.82) is 0 Å². The molecule has 0 spiro atoms. The Morgan fingerprint density at radius 3 is 2.04 bits per heavy atom. The maximum atomic E-state index is 10.1. The SMILES string of the molecule is O=C(O)c1ccccn1.[Ir].[c-]1ccccc1-n1nc2ccccc2n1. The third-order valence-corrected chi connectivity index (χ3v) is 3.08. The summed E-state index contributed by atoms with van der Waals surface area (Å²) in [5.74, 6) is -0.990. The molecule has 4 aromatic rings. The monoisotopic (exact) mass is 510 g/mol. The molecule has 6 nitrogen and oxygen atoms in total. The van der Waals surface area contributed by atoms with Gasteiger partial charge >= 0.3 is 5.97 Å². The largest absolute Gasteiger partial charge is 0.477 e. The van der Waals surface area contributed by atoms with Crippen LogP contribution in [-0.4, -0.2) is 31.1 Å². The first-order valence-corrected chi connectivity index (χ1v) is 7.17. The Kier molecular flexibility index (Phi) is 6.51. The molecule has 0 atom stereocenters. The number of carbonyl (C=O) groups is 1. The number of pyridine rings is 1. The van der Waals surface area contributed by atoms with Gasteiger partial charge in [-0.1, -0.05) is 18.2 Å². The van der Waals surface area contributed by atoms with E-state index in [4.69, 9.17) is 5.11 Å². The van der Waals surface area contributed by atoms with E-state index < -0.39 is 5.97 Å². The summed E-state index contributed by atoms with van der Waals surface area (Å²) in [5.41, 5.74) is 2.73. The number of carboxylic acid groups (broad SMARTS) is 1. The van der Waals surface area contributed by atoms with Gasteiger partial charge in [0.2, 0.25) is 0 Å². The Morgan fingerprint density at radius 2 is 1.56 bits per heavy atom. The van der Waals surface area contributed by atoms with Crippen molar-refractivity contribution in [3.63, 3.8) is 0 Å². The molecule has 4 rings (SSSR count). The fourth-order valence-electron chi connectivity index (χ4n) is 1.97. The molecule has 0 bridgehead atoms. The summed E-state index contributed by atoms with van der Waals surface area (Å²) in [7, 11) is 0. The van der Waals surface area contributed by atoms with Crippen LogP contribution < -0.4 is 0 Å². The molecule has 2 heterocycles. The van der Waals surface area contributed by atoms with Gasteiger partial charge in [0.25, 0.3) is 0 Å². The summed E-state index contributed by atoms with van der Waals surface area (Å²) < 4.78 is 0. The first kappa shape index (κ1) is 18.4. The minimum absolute atomic E-state index is 0. The van der Waals surface area contributed by atoms with E-state index in [2.05, 4.69) is 21.2 Å². The molecule has 2 aromatic carbocycles. The molecule has 2 aromatic heterocycles. The van der Waals surface area contributed by atoms with E-state index >= 15 is 0 Å². The van der Waals surface area contributed by atoms with Crippen LogP contribution in [-0.2, 0) is 20.1 Å². The van der Waals surface area contributed by atoms with Crippen LogP contribution in [0, 0.1) is 6.07 Å². The van der Waals surface area contributed by atoms with Gasteiger partial charge in [-0.15, -0.1) is 6.07 Å². The van der Waals surface area contributed by atoms with Gasteiger partial charge in [0, 0.05) is 26.3 Å². The summed E-state index contributed by atoms with van der Waals surface area (Å²) in [6.07, 6.45) is 1.45. The summed E-state index contributed by atoms with van der Waals surface area (Å²) in [5, 5.41) is 17.0. The van der Waals surface area contributed by atoms with Crippen molar-refractivity contribution >= 4 is 17.0 Å². The predicted octanol–water partition coefficient (Wildman–Crippen LogP) is 3.00. The topological polar surface area (TPSA) is 80.9 Å². The zero-order valence-electron chi connectivity index (χ0n) is 12.9. The van der Waals surface area contributed by atoms with Crippen LogP contribution in [0.15, 0.2) is 72.9 Å². The summed E-state index contributed by atoms with van der Waals surface area (Å²) >= 11 is 0. The normalized spacial score (nSPS) is 9.60. The molecule has 7 heteroatoms. The first-order chi connectivity index (χ1) is 11.7. The van der Waals surface area contributed by atoms with Crippen molar-refractivity contribution in [3.05, 3.63) is 84.7 Å². The Balaban J connectivity index is 0.000000196. The third kappa shape index (κ3) is 4.79. The molecule has 0 saturated heterocycles. The molecule has 25 heavy (non-hydrogen) atoms. The van der Waals surface area contributed by atoms with Gasteiger partial charge in [0.1, 0.15) is 16.7 Å². The molecular formula is C18H13IrN4O2-. The van der Waals surface area contributed by atoms with E-state index in [9.17, 15) is 4.79 Å². The van der Waals surface area contributed by atoms with Gasteiger partial charge in [-0.3, -0.25) is 0 Å². The van der Waals surface area contributed by atoms with E-state index in [1.54, 1.807) is 16.9 Å². The second-order valence-corrected chi connectivity index (χ2v) is 4.75. The number of rotatable bonds is 2. The summed E-state index contributed by atoms with van der Waals surface area (Å²) in [6.45, 7) is 0. The average molecular weight is 510 g/mol. The number of benzene rings is 2. The van der Waals surface area contributed by atoms with E-state index in [0.717, 1.165) is 16.7 Å². The van der Waals surface area contributed by atoms with Gasteiger partial charge in [0.05, 0.1) is 0 Å². The molecule has 127 valence electrons. The van der Waals surface area contributed by atoms with Crippen LogP contribution in [0.2, 0.25) is 0 Å². The Bertz CT molecular complexity index is 910. The molecular weight excluding hydrogens is 496 g/mol. The van der Waals surface area contributed by atoms with E-state index in [0.29, 0.717) is 0 Å². The molecule has 1 N–H and O–H groups in total. The molecule has 0 aliphatic carbocycles. The maximum absolute atomic E-state index is 10.1. The van der Waals surface area contributed by atoms with Gasteiger partial charge < -0.3 is 5.11 Å². The quantitative estimate of drug-likeness (QED) is 0.421. The summed E-state index contributed by atoms with van der Waals surface area (Å²) in [6, 6.07) is 23.3.